The maximum atomic E-state index is 9.70. The van der Waals surface area contributed by atoms with Crippen molar-refractivity contribution in [3.05, 3.63) is 0 Å². The second-order valence-electron chi connectivity index (χ2n) is 4.02. The molecule has 11 heavy (non-hydrogen) atoms. The summed E-state index contributed by atoms with van der Waals surface area (Å²) in [6, 6.07) is 0. The molecule has 0 aromatic heterocycles. The largest absolute Gasteiger partial charge is 0.390 e. The van der Waals surface area contributed by atoms with Gasteiger partial charge in [0.25, 0.3) is 0 Å². The molecule has 0 heterocycles. The van der Waals surface area contributed by atoms with Gasteiger partial charge in [0.15, 0.2) is 0 Å². The SMILES string of the molecule is CCCCCCC1(O)CC1C. The zero-order chi connectivity index (χ0) is 8.32. The Balaban J connectivity index is 1.96. The second-order valence-corrected chi connectivity index (χ2v) is 4.02. The van der Waals surface area contributed by atoms with Crippen LogP contribution in [0.2, 0.25) is 0 Å². The normalized spacial score (nSPS) is 35.7. The van der Waals surface area contributed by atoms with Gasteiger partial charge < -0.3 is 5.11 Å². The van der Waals surface area contributed by atoms with Crippen LogP contribution < -0.4 is 0 Å². The predicted octanol–water partition coefficient (Wildman–Crippen LogP) is 2.73. The Morgan fingerprint density at radius 1 is 1.36 bits per heavy atom. The van der Waals surface area contributed by atoms with Crippen LogP contribution in [0.4, 0.5) is 0 Å². The Bertz CT molecular complexity index is 122. The molecule has 0 amide bonds. The first kappa shape index (κ1) is 9.05. The van der Waals surface area contributed by atoms with Crippen molar-refractivity contribution < 1.29 is 5.11 Å². The van der Waals surface area contributed by atoms with Gasteiger partial charge in [-0.2, -0.15) is 0 Å². The molecule has 0 spiro atoms. The fraction of sp³-hybridized carbons (Fsp3) is 1.00. The molecule has 2 unspecified atom stereocenters. The van der Waals surface area contributed by atoms with E-state index in [4.69, 9.17) is 0 Å². The maximum Gasteiger partial charge on any atom is 0.0677 e. The van der Waals surface area contributed by atoms with Crippen LogP contribution in [0.3, 0.4) is 0 Å². The van der Waals surface area contributed by atoms with Crippen molar-refractivity contribution in [3.8, 4) is 0 Å². The molecule has 0 saturated heterocycles. The first-order valence-electron chi connectivity index (χ1n) is 4.91. The molecular weight excluding hydrogens is 136 g/mol. The summed E-state index contributed by atoms with van der Waals surface area (Å²) in [5, 5.41) is 9.70. The first-order valence-corrected chi connectivity index (χ1v) is 4.91. The van der Waals surface area contributed by atoms with Gasteiger partial charge in [-0.05, 0) is 18.8 Å². The molecule has 2 atom stereocenters. The van der Waals surface area contributed by atoms with Crippen molar-refractivity contribution in [2.45, 2.75) is 58.0 Å². The van der Waals surface area contributed by atoms with Gasteiger partial charge in [0.05, 0.1) is 5.60 Å². The minimum Gasteiger partial charge on any atom is -0.390 e. The average Bonchev–Trinajstić information content (AvgIpc) is 2.54. The van der Waals surface area contributed by atoms with Crippen molar-refractivity contribution in [3.63, 3.8) is 0 Å². The van der Waals surface area contributed by atoms with Crippen LogP contribution >= 0.6 is 0 Å². The Hall–Kier alpha value is -0.0400. The Kier molecular flexibility index (Phi) is 2.94. The van der Waals surface area contributed by atoms with E-state index in [9.17, 15) is 5.11 Å². The molecule has 66 valence electrons. The van der Waals surface area contributed by atoms with Crippen LogP contribution in [0.25, 0.3) is 0 Å². The molecular formula is C10H20O. The van der Waals surface area contributed by atoms with Crippen LogP contribution in [-0.4, -0.2) is 10.7 Å². The fourth-order valence-electron chi connectivity index (χ4n) is 1.68. The molecule has 0 bridgehead atoms. The smallest absolute Gasteiger partial charge is 0.0677 e. The third kappa shape index (κ3) is 2.48. The lowest BCUT2D eigenvalue weighted by molar-refractivity contribution is 0.121. The highest BCUT2D eigenvalue weighted by Crippen LogP contribution is 2.46. The highest BCUT2D eigenvalue weighted by Gasteiger charge is 2.48. The summed E-state index contributed by atoms with van der Waals surface area (Å²) >= 11 is 0. The van der Waals surface area contributed by atoms with Crippen molar-refractivity contribution in [2.24, 2.45) is 5.92 Å². The average molecular weight is 156 g/mol. The van der Waals surface area contributed by atoms with Gasteiger partial charge in [0, 0.05) is 0 Å². The number of unbranched alkanes of at least 4 members (excludes halogenated alkanes) is 3. The van der Waals surface area contributed by atoms with E-state index in [1.54, 1.807) is 0 Å². The molecule has 1 nitrogen and oxygen atoms in total. The number of hydrogen-bond acceptors (Lipinski definition) is 1. The molecule has 1 aliphatic rings. The summed E-state index contributed by atoms with van der Waals surface area (Å²) in [6.07, 6.45) is 7.20. The summed E-state index contributed by atoms with van der Waals surface area (Å²) in [6.45, 7) is 4.36. The predicted molar refractivity (Wildman–Crippen MR) is 47.5 cm³/mol. The molecule has 1 N–H and O–H groups in total. The maximum absolute atomic E-state index is 9.70. The molecule has 1 aliphatic carbocycles. The lowest BCUT2D eigenvalue weighted by atomic mass is 10.1. The zero-order valence-corrected chi connectivity index (χ0v) is 7.77. The second kappa shape index (κ2) is 3.57. The number of rotatable bonds is 5. The van der Waals surface area contributed by atoms with Crippen LogP contribution in [-0.2, 0) is 0 Å². The molecule has 1 fully saturated rings. The summed E-state index contributed by atoms with van der Waals surface area (Å²) in [5.41, 5.74) is -0.242. The van der Waals surface area contributed by atoms with Crippen molar-refractivity contribution >= 4 is 0 Å². The lowest BCUT2D eigenvalue weighted by Gasteiger charge is -2.07. The Labute approximate surface area is 69.8 Å². The van der Waals surface area contributed by atoms with Crippen molar-refractivity contribution in [2.75, 3.05) is 0 Å². The molecule has 1 rings (SSSR count). The van der Waals surface area contributed by atoms with E-state index >= 15 is 0 Å². The van der Waals surface area contributed by atoms with Crippen molar-refractivity contribution in [1.82, 2.24) is 0 Å². The Morgan fingerprint density at radius 2 is 2.00 bits per heavy atom. The van der Waals surface area contributed by atoms with E-state index in [0.29, 0.717) is 5.92 Å². The van der Waals surface area contributed by atoms with E-state index in [2.05, 4.69) is 13.8 Å². The van der Waals surface area contributed by atoms with Gasteiger partial charge >= 0.3 is 0 Å². The molecule has 0 radical (unpaired) electrons. The van der Waals surface area contributed by atoms with Gasteiger partial charge in [0.1, 0.15) is 0 Å². The molecule has 1 saturated carbocycles. The van der Waals surface area contributed by atoms with Crippen LogP contribution in [0, 0.1) is 5.92 Å². The van der Waals surface area contributed by atoms with Gasteiger partial charge in [-0.15, -0.1) is 0 Å². The molecule has 0 aromatic carbocycles. The van der Waals surface area contributed by atoms with E-state index in [1.165, 1.54) is 25.7 Å². The summed E-state index contributed by atoms with van der Waals surface area (Å²) in [7, 11) is 0. The van der Waals surface area contributed by atoms with Crippen LogP contribution in [0.5, 0.6) is 0 Å². The quantitative estimate of drug-likeness (QED) is 0.607. The summed E-state index contributed by atoms with van der Waals surface area (Å²) in [4.78, 5) is 0. The van der Waals surface area contributed by atoms with E-state index in [1.807, 2.05) is 0 Å². The zero-order valence-electron chi connectivity index (χ0n) is 7.77. The molecule has 0 aliphatic heterocycles. The van der Waals surface area contributed by atoms with Gasteiger partial charge in [-0.3, -0.25) is 0 Å². The number of hydrogen-bond donors (Lipinski definition) is 1. The van der Waals surface area contributed by atoms with E-state index < -0.39 is 0 Å². The topological polar surface area (TPSA) is 20.2 Å². The van der Waals surface area contributed by atoms with E-state index in [0.717, 1.165) is 12.8 Å². The molecule has 0 aromatic rings. The Morgan fingerprint density at radius 3 is 2.45 bits per heavy atom. The highest BCUT2D eigenvalue weighted by atomic mass is 16.3. The van der Waals surface area contributed by atoms with Crippen molar-refractivity contribution in [1.29, 1.82) is 0 Å². The minimum absolute atomic E-state index is 0.242. The lowest BCUT2D eigenvalue weighted by Crippen LogP contribution is -2.09. The number of aliphatic hydroxyl groups is 1. The third-order valence-electron chi connectivity index (χ3n) is 2.88. The van der Waals surface area contributed by atoms with Gasteiger partial charge in [0.2, 0.25) is 0 Å². The third-order valence-corrected chi connectivity index (χ3v) is 2.88. The van der Waals surface area contributed by atoms with Gasteiger partial charge in [-0.1, -0.05) is 39.5 Å². The first-order chi connectivity index (χ1) is 5.19. The van der Waals surface area contributed by atoms with E-state index in [-0.39, 0.29) is 5.60 Å². The highest BCUT2D eigenvalue weighted by molar-refractivity contribution is 5.00. The van der Waals surface area contributed by atoms with Gasteiger partial charge in [-0.25, -0.2) is 0 Å². The summed E-state index contributed by atoms with van der Waals surface area (Å²) < 4.78 is 0. The molecule has 1 heteroatoms. The minimum atomic E-state index is -0.242. The fourth-order valence-corrected chi connectivity index (χ4v) is 1.68. The monoisotopic (exact) mass is 156 g/mol. The van der Waals surface area contributed by atoms with Crippen LogP contribution in [0.1, 0.15) is 52.4 Å². The standard InChI is InChI=1S/C10H20O/c1-3-4-5-6-7-10(11)8-9(10)2/h9,11H,3-8H2,1-2H3. The van der Waals surface area contributed by atoms with Crippen LogP contribution in [0.15, 0.2) is 0 Å². The summed E-state index contributed by atoms with van der Waals surface area (Å²) in [5.74, 6) is 0.573.